The lowest BCUT2D eigenvalue weighted by atomic mass is 9.99. The standard InChI is InChI=1S/C21H19ClN6O2/c22-17-7-15(19(29)8-20(17)30)21-16-10-27(5-4-18(16)25-26-21)9-13-2-1-3-14(6-13)28-12-23-11-24-28/h1-3,6-8,11-12,29-30H,4-5,9-10H2,(H,25,26). The lowest BCUT2D eigenvalue weighted by molar-refractivity contribution is 0.245. The third-order valence-corrected chi connectivity index (χ3v) is 5.64. The summed E-state index contributed by atoms with van der Waals surface area (Å²) >= 11 is 6.06. The molecule has 9 heteroatoms. The van der Waals surface area contributed by atoms with Gasteiger partial charge in [0.1, 0.15) is 29.8 Å². The highest BCUT2D eigenvalue weighted by molar-refractivity contribution is 6.32. The van der Waals surface area contributed by atoms with E-state index in [1.807, 2.05) is 12.1 Å². The van der Waals surface area contributed by atoms with Gasteiger partial charge in [-0.2, -0.15) is 10.2 Å². The van der Waals surface area contributed by atoms with Crippen LogP contribution in [0.2, 0.25) is 5.02 Å². The molecule has 152 valence electrons. The first-order valence-electron chi connectivity index (χ1n) is 9.53. The Labute approximate surface area is 177 Å². The molecule has 4 aromatic rings. The van der Waals surface area contributed by atoms with E-state index in [0.29, 0.717) is 17.8 Å². The van der Waals surface area contributed by atoms with Gasteiger partial charge < -0.3 is 10.2 Å². The summed E-state index contributed by atoms with van der Waals surface area (Å²) in [6.07, 6.45) is 4.03. The summed E-state index contributed by atoms with van der Waals surface area (Å²) in [5, 5.41) is 31.9. The summed E-state index contributed by atoms with van der Waals surface area (Å²) in [6, 6.07) is 11.0. The molecule has 2 aromatic carbocycles. The van der Waals surface area contributed by atoms with E-state index in [0.717, 1.165) is 36.5 Å². The lowest BCUT2D eigenvalue weighted by Gasteiger charge is -2.27. The molecule has 0 bridgehead atoms. The maximum absolute atomic E-state index is 10.3. The lowest BCUT2D eigenvalue weighted by Crippen LogP contribution is -2.30. The number of fused-ring (bicyclic) bond motifs is 1. The van der Waals surface area contributed by atoms with Gasteiger partial charge in [-0.1, -0.05) is 23.7 Å². The fourth-order valence-corrected chi connectivity index (χ4v) is 4.01. The van der Waals surface area contributed by atoms with E-state index in [4.69, 9.17) is 11.6 Å². The number of rotatable bonds is 4. The van der Waals surface area contributed by atoms with Crippen molar-refractivity contribution in [1.29, 1.82) is 0 Å². The van der Waals surface area contributed by atoms with E-state index in [1.54, 1.807) is 17.1 Å². The molecule has 1 aliphatic rings. The quantitative estimate of drug-likeness (QED) is 0.466. The number of hydrogen-bond donors (Lipinski definition) is 3. The minimum atomic E-state index is -0.156. The molecule has 0 aliphatic carbocycles. The van der Waals surface area contributed by atoms with Crippen LogP contribution in [-0.4, -0.2) is 46.6 Å². The molecule has 8 nitrogen and oxygen atoms in total. The molecule has 2 aromatic heterocycles. The average Bonchev–Trinajstić information content (AvgIpc) is 3.41. The molecular weight excluding hydrogens is 404 g/mol. The minimum Gasteiger partial charge on any atom is -0.507 e. The van der Waals surface area contributed by atoms with Gasteiger partial charge in [0.05, 0.1) is 10.7 Å². The van der Waals surface area contributed by atoms with Crippen LogP contribution in [0, 0.1) is 0 Å². The van der Waals surface area contributed by atoms with Gasteiger partial charge in [-0.25, -0.2) is 9.67 Å². The molecule has 0 radical (unpaired) electrons. The van der Waals surface area contributed by atoms with Gasteiger partial charge in [-0.3, -0.25) is 10.00 Å². The van der Waals surface area contributed by atoms with Crippen LogP contribution in [0.15, 0.2) is 49.1 Å². The van der Waals surface area contributed by atoms with Crippen LogP contribution in [0.25, 0.3) is 16.9 Å². The molecule has 0 fully saturated rings. The number of nitrogens with one attached hydrogen (secondary N) is 1. The van der Waals surface area contributed by atoms with Gasteiger partial charge in [0.25, 0.3) is 0 Å². The van der Waals surface area contributed by atoms with E-state index in [2.05, 4.69) is 37.3 Å². The zero-order chi connectivity index (χ0) is 20.7. The van der Waals surface area contributed by atoms with Crippen LogP contribution < -0.4 is 0 Å². The van der Waals surface area contributed by atoms with Crippen LogP contribution in [0.3, 0.4) is 0 Å². The Bertz CT molecular complexity index is 1200. The third-order valence-electron chi connectivity index (χ3n) is 5.33. The highest BCUT2D eigenvalue weighted by atomic mass is 35.5. The molecule has 3 heterocycles. The first-order valence-corrected chi connectivity index (χ1v) is 9.90. The van der Waals surface area contributed by atoms with E-state index < -0.39 is 0 Å². The maximum atomic E-state index is 10.3. The first kappa shape index (κ1) is 18.7. The summed E-state index contributed by atoms with van der Waals surface area (Å²) in [4.78, 5) is 6.34. The molecule has 0 unspecified atom stereocenters. The topological polar surface area (TPSA) is 103 Å². The van der Waals surface area contributed by atoms with Crippen molar-refractivity contribution >= 4 is 11.6 Å². The summed E-state index contributed by atoms with van der Waals surface area (Å²) in [5.74, 6) is -0.208. The molecule has 30 heavy (non-hydrogen) atoms. The fraction of sp³-hybridized carbons (Fsp3) is 0.190. The number of phenolic OH excluding ortho intramolecular Hbond substituents is 2. The van der Waals surface area contributed by atoms with Crippen LogP contribution in [0.4, 0.5) is 0 Å². The van der Waals surface area contributed by atoms with Gasteiger partial charge in [0.2, 0.25) is 0 Å². The Kier molecular flexibility index (Phi) is 4.65. The number of phenols is 2. The van der Waals surface area contributed by atoms with Crippen LogP contribution >= 0.6 is 11.6 Å². The molecule has 3 N–H and O–H groups in total. The smallest absolute Gasteiger partial charge is 0.138 e. The number of aromatic amines is 1. The second-order valence-corrected chi connectivity index (χ2v) is 7.73. The number of aromatic nitrogens is 5. The summed E-state index contributed by atoms with van der Waals surface area (Å²) < 4.78 is 1.74. The molecule has 1 aliphatic heterocycles. The average molecular weight is 423 g/mol. The Balaban J connectivity index is 1.40. The zero-order valence-corrected chi connectivity index (χ0v) is 16.7. The summed E-state index contributed by atoms with van der Waals surface area (Å²) in [7, 11) is 0. The zero-order valence-electron chi connectivity index (χ0n) is 16.0. The Morgan fingerprint density at radius 1 is 1.13 bits per heavy atom. The molecule has 5 rings (SSSR count). The molecule has 0 saturated carbocycles. The highest BCUT2D eigenvalue weighted by Gasteiger charge is 2.25. The molecule has 0 spiro atoms. The van der Waals surface area contributed by atoms with Crippen LogP contribution in [-0.2, 0) is 19.5 Å². The second kappa shape index (κ2) is 7.47. The van der Waals surface area contributed by atoms with Crippen molar-refractivity contribution in [2.75, 3.05) is 6.54 Å². The number of H-pyrrole nitrogens is 1. The number of benzene rings is 2. The van der Waals surface area contributed by atoms with Crippen molar-refractivity contribution in [1.82, 2.24) is 29.9 Å². The second-order valence-electron chi connectivity index (χ2n) is 7.32. The predicted molar refractivity (Wildman–Crippen MR) is 112 cm³/mol. The number of hydrogen-bond acceptors (Lipinski definition) is 6. The molecular formula is C21H19ClN6O2. The fourth-order valence-electron chi connectivity index (χ4n) is 3.85. The first-order chi connectivity index (χ1) is 14.6. The third kappa shape index (κ3) is 3.40. The Hall–Kier alpha value is -3.36. The Morgan fingerprint density at radius 2 is 2.03 bits per heavy atom. The van der Waals surface area contributed by atoms with Crippen LogP contribution in [0.5, 0.6) is 11.5 Å². The van der Waals surface area contributed by atoms with Crippen molar-refractivity contribution in [3.05, 3.63) is 70.9 Å². The van der Waals surface area contributed by atoms with Gasteiger partial charge in [0, 0.05) is 48.9 Å². The van der Waals surface area contributed by atoms with Gasteiger partial charge in [0.15, 0.2) is 0 Å². The maximum Gasteiger partial charge on any atom is 0.138 e. The van der Waals surface area contributed by atoms with Crippen molar-refractivity contribution in [2.24, 2.45) is 0 Å². The number of halogens is 1. The number of aromatic hydroxyl groups is 2. The summed E-state index contributed by atoms with van der Waals surface area (Å²) in [6.45, 7) is 2.35. The molecule has 0 atom stereocenters. The van der Waals surface area contributed by atoms with Crippen molar-refractivity contribution in [3.8, 4) is 28.4 Å². The van der Waals surface area contributed by atoms with Gasteiger partial charge in [-0.05, 0) is 23.8 Å². The molecule has 0 amide bonds. The monoisotopic (exact) mass is 422 g/mol. The largest absolute Gasteiger partial charge is 0.507 e. The van der Waals surface area contributed by atoms with Crippen molar-refractivity contribution < 1.29 is 10.2 Å². The number of nitrogens with zero attached hydrogens (tertiary/aromatic N) is 5. The SMILES string of the molecule is Oc1cc(O)c(-c2n[nH]c3c2CN(Cc2cccc(-n4cncn4)c2)CC3)cc1Cl. The van der Waals surface area contributed by atoms with Crippen molar-refractivity contribution in [3.63, 3.8) is 0 Å². The van der Waals surface area contributed by atoms with Crippen molar-refractivity contribution in [2.45, 2.75) is 19.5 Å². The van der Waals surface area contributed by atoms with E-state index in [-0.39, 0.29) is 16.5 Å². The predicted octanol–water partition coefficient (Wildman–Crippen LogP) is 3.28. The van der Waals surface area contributed by atoms with Crippen LogP contribution in [0.1, 0.15) is 16.8 Å². The Morgan fingerprint density at radius 3 is 2.87 bits per heavy atom. The van der Waals surface area contributed by atoms with E-state index >= 15 is 0 Å². The molecule has 0 saturated heterocycles. The normalized spacial score (nSPS) is 14.0. The minimum absolute atomic E-state index is 0.0520. The highest BCUT2D eigenvalue weighted by Crippen LogP contribution is 2.39. The van der Waals surface area contributed by atoms with E-state index in [1.165, 1.54) is 18.0 Å². The summed E-state index contributed by atoms with van der Waals surface area (Å²) in [5.41, 5.74) is 5.39. The van der Waals surface area contributed by atoms with Gasteiger partial charge in [-0.15, -0.1) is 0 Å². The van der Waals surface area contributed by atoms with E-state index in [9.17, 15) is 10.2 Å². The van der Waals surface area contributed by atoms with Gasteiger partial charge >= 0.3 is 0 Å².